The van der Waals surface area contributed by atoms with E-state index in [9.17, 15) is 4.79 Å². The van der Waals surface area contributed by atoms with Gasteiger partial charge in [-0.2, -0.15) is 0 Å². The summed E-state index contributed by atoms with van der Waals surface area (Å²) in [6, 6.07) is 5.92. The third kappa shape index (κ3) is 6.44. The second-order valence-electron chi connectivity index (χ2n) is 7.05. The number of aryl methyl sites for hydroxylation is 1. The van der Waals surface area contributed by atoms with Gasteiger partial charge < -0.3 is 10.6 Å². The van der Waals surface area contributed by atoms with Gasteiger partial charge in [0.25, 0.3) is 0 Å². The molecule has 1 atom stereocenters. The average Bonchev–Trinajstić information content (AvgIpc) is 3.10. The molecule has 0 aliphatic heterocycles. The van der Waals surface area contributed by atoms with Gasteiger partial charge in [0.1, 0.15) is 0 Å². The number of halogens is 1. The Morgan fingerprint density at radius 1 is 1.32 bits per heavy atom. The van der Waals surface area contributed by atoms with Crippen LogP contribution in [0.25, 0.3) is 0 Å². The summed E-state index contributed by atoms with van der Waals surface area (Å²) in [6.45, 7) is 4.81. The largest absolute Gasteiger partial charge is 0.352 e. The predicted octanol–water partition coefficient (Wildman–Crippen LogP) is 4.42. The van der Waals surface area contributed by atoms with Crippen LogP contribution in [-0.4, -0.2) is 31.3 Å². The molecule has 0 bridgehead atoms. The van der Waals surface area contributed by atoms with E-state index < -0.39 is 0 Å². The van der Waals surface area contributed by atoms with E-state index in [0.29, 0.717) is 18.8 Å². The number of aliphatic imine (C=N–C) groups is 1. The van der Waals surface area contributed by atoms with Crippen molar-refractivity contribution in [2.24, 2.45) is 10.9 Å². The number of likely N-dealkylation sites (N-methyl/N-ethyl adjacent to an activating group) is 1. The number of amides is 1. The molecule has 4 nitrogen and oxygen atoms in total. The molecule has 1 fully saturated rings. The smallest absolute Gasteiger partial charge is 0.220 e. The highest BCUT2D eigenvalue weighted by molar-refractivity contribution is 6.30. The topological polar surface area (TPSA) is 53.5 Å². The molecule has 0 aromatic heterocycles. The van der Waals surface area contributed by atoms with E-state index >= 15 is 0 Å². The molecular formula is C20H30ClN3O. The molecule has 1 aliphatic carbocycles. The second-order valence-corrected chi connectivity index (χ2v) is 7.49. The number of hydrogen-bond acceptors (Lipinski definition) is 3. The van der Waals surface area contributed by atoms with Crippen LogP contribution in [0.15, 0.2) is 23.2 Å². The minimum Gasteiger partial charge on any atom is -0.352 e. The van der Waals surface area contributed by atoms with E-state index in [-0.39, 0.29) is 11.9 Å². The lowest BCUT2D eigenvalue weighted by Crippen LogP contribution is -2.45. The van der Waals surface area contributed by atoms with Crippen LogP contribution in [0.3, 0.4) is 0 Å². The lowest BCUT2D eigenvalue weighted by atomic mass is 9.97. The predicted molar refractivity (Wildman–Crippen MR) is 106 cm³/mol. The number of rotatable bonds is 8. The Balaban J connectivity index is 1.86. The molecule has 25 heavy (non-hydrogen) atoms. The first-order valence-corrected chi connectivity index (χ1v) is 9.61. The van der Waals surface area contributed by atoms with Gasteiger partial charge in [-0.15, -0.1) is 0 Å². The molecule has 0 heterocycles. The summed E-state index contributed by atoms with van der Waals surface area (Å²) in [6.07, 6.45) is 6.17. The van der Waals surface area contributed by atoms with Crippen molar-refractivity contribution in [2.45, 2.75) is 58.4 Å². The molecule has 2 rings (SSSR count). The third-order valence-electron chi connectivity index (χ3n) is 4.92. The van der Waals surface area contributed by atoms with Crippen molar-refractivity contribution in [1.82, 2.24) is 10.6 Å². The van der Waals surface area contributed by atoms with Crippen LogP contribution in [0, 0.1) is 12.8 Å². The van der Waals surface area contributed by atoms with Gasteiger partial charge in [-0.1, -0.05) is 24.4 Å². The number of nitrogens with zero attached hydrogens (tertiary/aromatic N) is 1. The van der Waals surface area contributed by atoms with Crippen molar-refractivity contribution in [2.75, 3.05) is 13.6 Å². The van der Waals surface area contributed by atoms with Crippen molar-refractivity contribution in [1.29, 1.82) is 0 Å². The maximum absolute atomic E-state index is 12.3. The van der Waals surface area contributed by atoms with Gasteiger partial charge in [0.2, 0.25) is 5.91 Å². The molecule has 0 saturated heterocycles. The Kier molecular flexibility index (Phi) is 7.91. The number of hydrogen-bond donors (Lipinski definition) is 2. The van der Waals surface area contributed by atoms with E-state index in [4.69, 9.17) is 11.6 Å². The maximum atomic E-state index is 12.3. The first kappa shape index (κ1) is 19.9. The van der Waals surface area contributed by atoms with Crippen molar-refractivity contribution >= 4 is 28.9 Å². The van der Waals surface area contributed by atoms with Gasteiger partial charge in [0.05, 0.1) is 5.69 Å². The first-order chi connectivity index (χ1) is 12.0. The number of carbonyl (C=O) groups is 1. The van der Waals surface area contributed by atoms with E-state index in [1.165, 1.54) is 25.7 Å². The van der Waals surface area contributed by atoms with Crippen LogP contribution >= 0.6 is 11.6 Å². The quantitative estimate of drug-likeness (QED) is 0.672. The molecule has 1 aromatic rings. The minimum absolute atomic E-state index is 0.120. The van der Waals surface area contributed by atoms with Crippen LogP contribution in [0.4, 0.5) is 5.69 Å². The van der Waals surface area contributed by atoms with Gasteiger partial charge >= 0.3 is 0 Å². The number of nitrogens with one attached hydrogen (secondary N) is 2. The molecule has 1 saturated carbocycles. The molecule has 138 valence electrons. The van der Waals surface area contributed by atoms with Crippen molar-refractivity contribution < 1.29 is 4.79 Å². The Morgan fingerprint density at radius 2 is 2.04 bits per heavy atom. The fourth-order valence-corrected chi connectivity index (χ4v) is 3.72. The highest BCUT2D eigenvalue weighted by Crippen LogP contribution is 2.27. The summed E-state index contributed by atoms with van der Waals surface area (Å²) in [5, 5.41) is 7.15. The summed E-state index contributed by atoms with van der Waals surface area (Å²) >= 11 is 5.98. The van der Waals surface area contributed by atoms with Crippen molar-refractivity contribution in [3.8, 4) is 0 Å². The highest BCUT2D eigenvalue weighted by Gasteiger charge is 2.25. The summed E-state index contributed by atoms with van der Waals surface area (Å²) in [5.41, 5.74) is 2.93. The van der Waals surface area contributed by atoms with Crippen LogP contribution < -0.4 is 10.6 Å². The summed E-state index contributed by atoms with van der Waals surface area (Å²) < 4.78 is 0. The lowest BCUT2D eigenvalue weighted by molar-refractivity contribution is -0.122. The zero-order valence-electron chi connectivity index (χ0n) is 15.6. The summed E-state index contributed by atoms with van der Waals surface area (Å²) in [4.78, 5) is 17.0. The van der Waals surface area contributed by atoms with Crippen LogP contribution in [0.5, 0.6) is 0 Å². The zero-order chi connectivity index (χ0) is 18.2. The maximum Gasteiger partial charge on any atom is 0.220 e. The fourth-order valence-electron chi connectivity index (χ4n) is 3.49. The standard InChI is InChI=1S/C20H30ClN3O/c1-14-12-17(21)9-10-18(14)23-15(2)8-11-20(25)24-19(13-22-3)16-6-4-5-7-16/h9-10,12,16,19,22H,4-8,11,13H2,1-3H3,(H,24,25). The first-order valence-electron chi connectivity index (χ1n) is 9.24. The average molecular weight is 364 g/mol. The second kappa shape index (κ2) is 9.93. The molecule has 1 unspecified atom stereocenters. The van der Waals surface area contributed by atoms with E-state index in [1.807, 2.05) is 39.1 Å². The Morgan fingerprint density at radius 3 is 2.68 bits per heavy atom. The van der Waals surface area contributed by atoms with Gasteiger partial charge in [0, 0.05) is 29.7 Å². The van der Waals surface area contributed by atoms with Crippen LogP contribution in [0.1, 0.15) is 51.0 Å². The molecular weight excluding hydrogens is 334 g/mol. The Bertz CT molecular complexity index is 609. The molecule has 1 aromatic carbocycles. The highest BCUT2D eigenvalue weighted by atomic mass is 35.5. The van der Waals surface area contributed by atoms with Gasteiger partial charge in [-0.25, -0.2) is 0 Å². The minimum atomic E-state index is 0.120. The fraction of sp³-hybridized carbons (Fsp3) is 0.600. The molecule has 0 spiro atoms. The van der Waals surface area contributed by atoms with E-state index in [1.54, 1.807) is 0 Å². The summed E-state index contributed by atoms with van der Waals surface area (Å²) in [7, 11) is 1.94. The van der Waals surface area contributed by atoms with Gasteiger partial charge in [0.15, 0.2) is 0 Å². The normalized spacial score (nSPS) is 16.9. The molecule has 0 radical (unpaired) electrons. The number of carbonyl (C=O) groups excluding carboxylic acids is 1. The van der Waals surface area contributed by atoms with E-state index in [2.05, 4.69) is 15.6 Å². The molecule has 5 heteroatoms. The van der Waals surface area contributed by atoms with Crippen molar-refractivity contribution in [3.63, 3.8) is 0 Å². The van der Waals surface area contributed by atoms with Crippen LogP contribution in [0.2, 0.25) is 5.02 Å². The Hall–Kier alpha value is -1.39. The number of benzene rings is 1. The van der Waals surface area contributed by atoms with Crippen LogP contribution in [-0.2, 0) is 4.79 Å². The molecule has 1 aliphatic rings. The van der Waals surface area contributed by atoms with Gasteiger partial charge in [-0.3, -0.25) is 9.79 Å². The SMILES string of the molecule is CNCC(NC(=O)CCC(C)=Nc1ccc(Cl)cc1C)C1CCCC1. The van der Waals surface area contributed by atoms with E-state index in [0.717, 1.165) is 28.5 Å². The lowest BCUT2D eigenvalue weighted by Gasteiger charge is -2.24. The zero-order valence-corrected chi connectivity index (χ0v) is 16.3. The van der Waals surface area contributed by atoms with Gasteiger partial charge in [-0.05, 0) is 69.8 Å². The molecule has 2 N–H and O–H groups in total. The molecule has 1 amide bonds. The monoisotopic (exact) mass is 363 g/mol. The Labute approximate surface area is 156 Å². The van der Waals surface area contributed by atoms with Crippen molar-refractivity contribution in [3.05, 3.63) is 28.8 Å². The summed E-state index contributed by atoms with van der Waals surface area (Å²) in [5.74, 6) is 0.734. The third-order valence-corrected chi connectivity index (χ3v) is 5.16.